The maximum Gasteiger partial charge on any atom is 0.254 e. The molecule has 20 heavy (non-hydrogen) atoms. The van der Waals surface area contributed by atoms with Gasteiger partial charge in [-0.1, -0.05) is 0 Å². The quantitative estimate of drug-likeness (QED) is 0.769. The van der Waals surface area contributed by atoms with E-state index in [0.29, 0.717) is 38.4 Å². The summed E-state index contributed by atoms with van der Waals surface area (Å²) < 4.78 is 5.26. The van der Waals surface area contributed by atoms with Crippen molar-refractivity contribution in [2.45, 2.75) is 13.3 Å². The first-order valence-corrected chi connectivity index (χ1v) is 6.95. The highest BCUT2D eigenvalue weighted by Gasteiger charge is 2.25. The lowest BCUT2D eigenvalue weighted by Gasteiger charge is -2.27. The molecule has 2 aliphatic heterocycles. The summed E-state index contributed by atoms with van der Waals surface area (Å²) in [5.74, 6) is 0.105. The molecule has 3 rings (SSSR count). The van der Waals surface area contributed by atoms with Crippen LogP contribution in [0.4, 0.5) is 5.69 Å². The predicted molar refractivity (Wildman–Crippen MR) is 74.9 cm³/mol. The van der Waals surface area contributed by atoms with Crippen LogP contribution >= 0.6 is 0 Å². The van der Waals surface area contributed by atoms with Crippen LogP contribution in [0, 0.1) is 0 Å². The van der Waals surface area contributed by atoms with Crippen LogP contribution < -0.4 is 4.90 Å². The average Bonchev–Trinajstić information content (AvgIpc) is 2.90. The van der Waals surface area contributed by atoms with Gasteiger partial charge in [0.15, 0.2) is 0 Å². The third-order valence-corrected chi connectivity index (χ3v) is 3.90. The van der Waals surface area contributed by atoms with Crippen molar-refractivity contribution in [1.29, 1.82) is 0 Å². The Morgan fingerprint density at radius 3 is 2.60 bits per heavy atom. The topological polar surface area (TPSA) is 49.9 Å². The zero-order chi connectivity index (χ0) is 14.1. The van der Waals surface area contributed by atoms with Crippen LogP contribution in [0.25, 0.3) is 0 Å². The van der Waals surface area contributed by atoms with Crippen molar-refractivity contribution in [3.05, 3.63) is 29.3 Å². The summed E-state index contributed by atoms with van der Waals surface area (Å²) in [6, 6.07) is 5.63. The van der Waals surface area contributed by atoms with Crippen LogP contribution in [-0.2, 0) is 16.0 Å². The molecule has 0 unspecified atom stereocenters. The van der Waals surface area contributed by atoms with Crippen LogP contribution in [-0.4, -0.2) is 49.6 Å². The lowest BCUT2D eigenvalue weighted by molar-refractivity contribution is -0.116. The average molecular weight is 274 g/mol. The number of carbonyl (C=O) groups excluding carboxylic acids is 2. The van der Waals surface area contributed by atoms with Gasteiger partial charge in [-0.2, -0.15) is 0 Å². The highest BCUT2D eigenvalue weighted by atomic mass is 16.5. The van der Waals surface area contributed by atoms with Crippen molar-refractivity contribution in [2.75, 3.05) is 37.7 Å². The molecule has 2 aliphatic rings. The molecule has 0 radical (unpaired) electrons. The van der Waals surface area contributed by atoms with Gasteiger partial charge in [0.25, 0.3) is 5.91 Å². The third kappa shape index (κ3) is 2.29. The van der Waals surface area contributed by atoms with Crippen molar-refractivity contribution in [2.24, 2.45) is 0 Å². The molecule has 1 saturated heterocycles. The number of anilines is 1. The Labute approximate surface area is 118 Å². The Balaban J connectivity index is 1.82. The van der Waals surface area contributed by atoms with E-state index in [-0.39, 0.29) is 11.8 Å². The molecule has 0 saturated carbocycles. The molecule has 0 spiro atoms. The molecule has 0 atom stereocenters. The number of carbonyl (C=O) groups is 2. The first-order valence-electron chi connectivity index (χ1n) is 6.95. The summed E-state index contributed by atoms with van der Waals surface area (Å²) in [6.07, 6.45) is 0.819. The number of ether oxygens (including phenoxy) is 1. The Morgan fingerprint density at radius 2 is 1.90 bits per heavy atom. The molecule has 5 heteroatoms. The predicted octanol–water partition coefficient (Wildman–Crippen LogP) is 1.07. The zero-order valence-electron chi connectivity index (χ0n) is 11.6. The van der Waals surface area contributed by atoms with Gasteiger partial charge in [-0.25, -0.2) is 0 Å². The van der Waals surface area contributed by atoms with Gasteiger partial charge in [0, 0.05) is 37.8 Å². The fourth-order valence-electron chi connectivity index (χ4n) is 2.81. The number of nitrogens with zero attached hydrogens (tertiary/aromatic N) is 2. The fraction of sp³-hybridized carbons (Fsp3) is 0.467. The van der Waals surface area contributed by atoms with Crippen LogP contribution in [0.15, 0.2) is 18.2 Å². The number of fused-ring (bicyclic) bond motifs is 1. The lowest BCUT2D eigenvalue weighted by Crippen LogP contribution is -2.40. The number of amides is 2. The first kappa shape index (κ1) is 13.1. The van der Waals surface area contributed by atoms with Crippen molar-refractivity contribution < 1.29 is 14.3 Å². The molecule has 1 fully saturated rings. The standard InChI is InChI=1S/C15H18N2O3/c1-11(18)17-5-4-12-10-13(2-3-14(12)17)15(19)16-6-8-20-9-7-16/h2-3,10H,4-9H2,1H3. The highest BCUT2D eigenvalue weighted by Crippen LogP contribution is 2.29. The molecule has 5 nitrogen and oxygen atoms in total. The van der Waals surface area contributed by atoms with Crippen molar-refractivity contribution in [3.63, 3.8) is 0 Å². The summed E-state index contributed by atoms with van der Waals surface area (Å²) in [5, 5.41) is 0. The monoisotopic (exact) mass is 274 g/mol. The number of rotatable bonds is 1. The molecule has 0 N–H and O–H groups in total. The van der Waals surface area contributed by atoms with E-state index in [1.54, 1.807) is 11.8 Å². The fourth-order valence-corrected chi connectivity index (χ4v) is 2.81. The van der Waals surface area contributed by atoms with Gasteiger partial charge in [0.2, 0.25) is 5.91 Å². The Morgan fingerprint density at radius 1 is 1.15 bits per heavy atom. The smallest absolute Gasteiger partial charge is 0.254 e. The minimum absolute atomic E-state index is 0.0519. The van der Waals surface area contributed by atoms with Crippen LogP contribution in [0.1, 0.15) is 22.8 Å². The molecule has 2 heterocycles. The van der Waals surface area contributed by atoms with E-state index >= 15 is 0 Å². The van der Waals surface area contributed by atoms with Gasteiger partial charge in [-0.3, -0.25) is 9.59 Å². The molecular weight excluding hydrogens is 256 g/mol. The van der Waals surface area contributed by atoms with Crippen LogP contribution in [0.5, 0.6) is 0 Å². The number of benzene rings is 1. The number of hydrogen-bond acceptors (Lipinski definition) is 3. The summed E-state index contributed by atoms with van der Waals surface area (Å²) in [5.41, 5.74) is 2.73. The van der Waals surface area contributed by atoms with Crippen molar-refractivity contribution in [1.82, 2.24) is 4.90 Å². The number of hydrogen-bond donors (Lipinski definition) is 0. The summed E-state index contributed by atoms with van der Waals surface area (Å²) in [4.78, 5) is 27.5. The largest absolute Gasteiger partial charge is 0.378 e. The molecule has 1 aromatic carbocycles. The molecule has 0 aromatic heterocycles. The SMILES string of the molecule is CC(=O)N1CCc2cc(C(=O)N3CCOCC3)ccc21. The second kappa shape index (κ2) is 5.25. The second-order valence-electron chi connectivity index (χ2n) is 5.17. The second-order valence-corrected chi connectivity index (χ2v) is 5.17. The van der Waals surface area contributed by atoms with Gasteiger partial charge in [-0.15, -0.1) is 0 Å². The van der Waals surface area contributed by atoms with E-state index < -0.39 is 0 Å². The van der Waals surface area contributed by atoms with E-state index in [2.05, 4.69) is 0 Å². The van der Waals surface area contributed by atoms with Crippen LogP contribution in [0.2, 0.25) is 0 Å². The molecule has 0 aliphatic carbocycles. The van der Waals surface area contributed by atoms with Gasteiger partial charge in [0.1, 0.15) is 0 Å². The number of morpholine rings is 1. The Bertz CT molecular complexity index is 550. The van der Waals surface area contributed by atoms with E-state index in [1.807, 2.05) is 23.1 Å². The van der Waals surface area contributed by atoms with Crippen LogP contribution in [0.3, 0.4) is 0 Å². The van der Waals surface area contributed by atoms with Gasteiger partial charge >= 0.3 is 0 Å². The molecular formula is C15H18N2O3. The maximum atomic E-state index is 12.4. The van der Waals surface area contributed by atoms with E-state index in [4.69, 9.17) is 4.74 Å². The van der Waals surface area contributed by atoms with E-state index in [1.165, 1.54) is 0 Å². The lowest BCUT2D eigenvalue weighted by atomic mass is 10.1. The molecule has 106 valence electrons. The maximum absolute atomic E-state index is 12.4. The molecule has 1 aromatic rings. The Hall–Kier alpha value is -1.88. The van der Waals surface area contributed by atoms with E-state index in [0.717, 1.165) is 17.7 Å². The van der Waals surface area contributed by atoms with Gasteiger partial charge in [0.05, 0.1) is 13.2 Å². The van der Waals surface area contributed by atoms with Gasteiger partial charge < -0.3 is 14.5 Å². The van der Waals surface area contributed by atoms with E-state index in [9.17, 15) is 9.59 Å². The van der Waals surface area contributed by atoms with Crippen molar-refractivity contribution >= 4 is 17.5 Å². The normalized spacial score (nSPS) is 18.1. The minimum atomic E-state index is 0.0519. The zero-order valence-corrected chi connectivity index (χ0v) is 11.6. The Kier molecular flexibility index (Phi) is 3.44. The molecule has 2 amide bonds. The summed E-state index contributed by atoms with van der Waals surface area (Å²) >= 11 is 0. The first-order chi connectivity index (χ1) is 9.66. The summed E-state index contributed by atoms with van der Waals surface area (Å²) in [7, 11) is 0. The highest BCUT2D eigenvalue weighted by molar-refractivity contribution is 5.97. The summed E-state index contributed by atoms with van der Waals surface area (Å²) in [6.45, 7) is 4.79. The molecule has 0 bridgehead atoms. The minimum Gasteiger partial charge on any atom is -0.378 e. The van der Waals surface area contributed by atoms with Gasteiger partial charge in [-0.05, 0) is 30.2 Å². The third-order valence-electron chi connectivity index (χ3n) is 3.90. The van der Waals surface area contributed by atoms with Crippen molar-refractivity contribution in [3.8, 4) is 0 Å².